The summed E-state index contributed by atoms with van der Waals surface area (Å²) >= 11 is 0. The molecule has 0 radical (unpaired) electrons. The number of aryl methyl sites for hydroxylation is 1. The largest absolute Gasteiger partial charge is 0.368 e. The van der Waals surface area contributed by atoms with E-state index >= 15 is 0 Å². The van der Waals surface area contributed by atoms with E-state index in [4.69, 9.17) is 4.74 Å². The first kappa shape index (κ1) is 18.0. The van der Waals surface area contributed by atoms with Gasteiger partial charge in [0.2, 0.25) is 0 Å². The number of hydrogen-bond donors (Lipinski definition) is 2. The van der Waals surface area contributed by atoms with Gasteiger partial charge in [-0.05, 0) is 25.8 Å². The third kappa shape index (κ3) is 3.88. The Morgan fingerprint density at radius 3 is 2.77 bits per heavy atom. The summed E-state index contributed by atoms with van der Waals surface area (Å²) in [5, 5.41) is 8.83. The lowest BCUT2D eigenvalue weighted by Gasteiger charge is -2.13. The molecule has 1 fully saturated rings. The zero-order chi connectivity index (χ0) is 18.7. The molecule has 7 nitrogen and oxygen atoms in total. The van der Waals surface area contributed by atoms with Crippen LogP contribution in [0.25, 0.3) is 0 Å². The minimum atomic E-state index is -1.03. The monoisotopic (exact) mass is 364 g/mol. The zero-order valence-corrected chi connectivity index (χ0v) is 14.1. The van der Waals surface area contributed by atoms with Crippen LogP contribution >= 0.6 is 0 Å². The zero-order valence-electron chi connectivity index (χ0n) is 14.1. The van der Waals surface area contributed by atoms with Gasteiger partial charge < -0.3 is 15.4 Å². The maximum absolute atomic E-state index is 14.0. The van der Waals surface area contributed by atoms with Gasteiger partial charge in [0.25, 0.3) is 11.8 Å². The van der Waals surface area contributed by atoms with Crippen LogP contribution in [0.2, 0.25) is 0 Å². The topological polar surface area (TPSA) is 85.2 Å². The molecule has 2 N–H and O–H groups in total. The van der Waals surface area contributed by atoms with Crippen molar-refractivity contribution in [3.8, 4) is 0 Å². The lowest BCUT2D eigenvalue weighted by atomic mass is 10.1. The average molecular weight is 364 g/mol. The number of ether oxygens (including phenoxy) is 1. The molecule has 1 saturated heterocycles. The maximum atomic E-state index is 14.0. The summed E-state index contributed by atoms with van der Waals surface area (Å²) in [6, 6.07) is 1.53. The standard InChI is InChI=1S/C17H18F2N4O3/c1-2-23-9-10(8-20-23)21-16(24)11-6-14(13(19)7-12(11)18)22-17(25)15-4-3-5-26-15/h6-9,15H,2-5H2,1H3,(H,21,24)(H,22,25). The van der Waals surface area contributed by atoms with Crippen molar-refractivity contribution in [1.82, 2.24) is 9.78 Å². The molecule has 0 aliphatic carbocycles. The molecule has 0 saturated carbocycles. The Morgan fingerprint density at radius 2 is 2.12 bits per heavy atom. The Labute approximate surface area is 148 Å². The summed E-state index contributed by atoms with van der Waals surface area (Å²) in [4.78, 5) is 24.3. The van der Waals surface area contributed by atoms with E-state index in [1.165, 1.54) is 6.20 Å². The van der Waals surface area contributed by atoms with Crippen LogP contribution in [-0.2, 0) is 16.1 Å². The first-order chi connectivity index (χ1) is 12.5. The summed E-state index contributed by atoms with van der Waals surface area (Å²) < 4.78 is 34.8. The summed E-state index contributed by atoms with van der Waals surface area (Å²) in [5.41, 5.74) is -0.287. The number of carbonyl (C=O) groups is 2. The van der Waals surface area contributed by atoms with Crippen LogP contribution in [0.15, 0.2) is 24.5 Å². The fraction of sp³-hybridized carbons (Fsp3) is 0.353. The van der Waals surface area contributed by atoms with E-state index in [0.717, 1.165) is 12.5 Å². The molecular formula is C17H18F2N4O3. The molecule has 2 aromatic rings. The predicted octanol–water partition coefficient (Wildman–Crippen LogP) is 2.55. The van der Waals surface area contributed by atoms with Gasteiger partial charge >= 0.3 is 0 Å². The molecule has 0 spiro atoms. The van der Waals surface area contributed by atoms with Gasteiger partial charge in [0.05, 0.1) is 23.1 Å². The molecule has 2 amide bonds. The second kappa shape index (κ2) is 7.61. The van der Waals surface area contributed by atoms with E-state index < -0.39 is 35.1 Å². The Morgan fingerprint density at radius 1 is 1.31 bits per heavy atom. The fourth-order valence-corrected chi connectivity index (χ4v) is 2.62. The van der Waals surface area contributed by atoms with E-state index in [1.807, 2.05) is 6.92 Å². The molecule has 1 aromatic carbocycles. The second-order valence-electron chi connectivity index (χ2n) is 5.84. The second-order valence-corrected chi connectivity index (χ2v) is 5.84. The van der Waals surface area contributed by atoms with Crippen LogP contribution in [-0.4, -0.2) is 34.3 Å². The van der Waals surface area contributed by atoms with Gasteiger partial charge in [0, 0.05) is 25.4 Å². The van der Waals surface area contributed by atoms with Crippen molar-refractivity contribution in [3.63, 3.8) is 0 Å². The van der Waals surface area contributed by atoms with Crippen molar-refractivity contribution in [3.05, 3.63) is 41.7 Å². The number of amides is 2. The summed E-state index contributed by atoms with van der Waals surface area (Å²) in [7, 11) is 0. The molecule has 1 aromatic heterocycles. The molecular weight excluding hydrogens is 346 g/mol. The maximum Gasteiger partial charge on any atom is 0.258 e. The lowest BCUT2D eigenvalue weighted by Crippen LogP contribution is -2.27. The van der Waals surface area contributed by atoms with Crippen molar-refractivity contribution in [2.24, 2.45) is 0 Å². The highest BCUT2D eigenvalue weighted by Gasteiger charge is 2.25. The molecule has 1 unspecified atom stereocenters. The van der Waals surface area contributed by atoms with E-state index in [0.29, 0.717) is 31.3 Å². The number of benzene rings is 1. The summed E-state index contributed by atoms with van der Waals surface area (Å²) in [6.07, 6.45) is 3.60. The first-order valence-electron chi connectivity index (χ1n) is 8.23. The number of nitrogens with zero attached hydrogens (tertiary/aromatic N) is 2. The highest BCUT2D eigenvalue weighted by atomic mass is 19.1. The highest BCUT2D eigenvalue weighted by Crippen LogP contribution is 2.22. The predicted molar refractivity (Wildman–Crippen MR) is 89.8 cm³/mol. The number of nitrogens with one attached hydrogen (secondary N) is 2. The van der Waals surface area contributed by atoms with Gasteiger partial charge in [0.15, 0.2) is 0 Å². The molecule has 3 rings (SSSR count). The van der Waals surface area contributed by atoms with Crippen molar-refractivity contribution in [2.75, 3.05) is 17.2 Å². The smallest absolute Gasteiger partial charge is 0.258 e. The minimum absolute atomic E-state index is 0.277. The number of carbonyl (C=O) groups excluding carboxylic acids is 2. The van der Waals surface area contributed by atoms with Crippen LogP contribution in [0.3, 0.4) is 0 Å². The Kier molecular flexibility index (Phi) is 5.27. The number of hydrogen-bond acceptors (Lipinski definition) is 4. The Bertz CT molecular complexity index is 831. The molecule has 26 heavy (non-hydrogen) atoms. The number of rotatable bonds is 5. The third-order valence-corrected chi connectivity index (χ3v) is 4.00. The SMILES string of the molecule is CCn1cc(NC(=O)c2cc(NC(=O)C3CCCO3)c(F)cc2F)cn1. The quantitative estimate of drug-likeness (QED) is 0.854. The van der Waals surface area contributed by atoms with E-state index in [-0.39, 0.29) is 5.69 Å². The van der Waals surface area contributed by atoms with Crippen molar-refractivity contribution in [2.45, 2.75) is 32.4 Å². The molecule has 138 valence electrons. The van der Waals surface area contributed by atoms with E-state index in [9.17, 15) is 18.4 Å². The Balaban J connectivity index is 1.78. The summed E-state index contributed by atoms with van der Waals surface area (Å²) in [6.45, 7) is 2.95. The van der Waals surface area contributed by atoms with Crippen molar-refractivity contribution >= 4 is 23.2 Å². The van der Waals surface area contributed by atoms with Gasteiger partial charge in [-0.1, -0.05) is 0 Å². The van der Waals surface area contributed by atoms with Gasteiger partial charge in [-0.3, -0.25) is 14.3 Å². The van der Waals surface area contributed by atoms with E-state index in [2.05, 4.69) is 15.7 Å². The van der Waals surface area contributed by atoms with Gasteiger partial charge in [-0.25, -0.2) is 8.78 Å². The molecule has 1 atom stereocenters. The van der Waals surface area contributed by atoms with Crippen LogP contribution in [0.4, 0.5) is 20.2 Å². The number of halogens is 2. The number of anilines is 2. The van der Waals surface area contributed by atoms with Crippen LogP contribution in [0, 0.1) is 11.6 Å². The molecule has 9 heteroatoms. The first-order valence-corrected chi connectivity index (χ1v) is 8.23. The average Bonchev–Trinajstić information content (AvgIpc) is 3.28. The van der Waals surface area contributed by atoms with E-state index in [1.54, 1.807) is 10.9 Å². The molecule has 1 aliphatic rings. The normalized spacial score (nSPS) is 16.5. The van der Waals surface area contributed by atoms with Crippen LogP contribution < -0.4 is 10.6 Å². The van der Waals surface area contributed by atoms with Gasteiger partial charge in [0.1, 0.15) is 17.7 Å². The van der Waals surface area contributed by atoms with Crippen LogP contribution in [0.1, 0.15) is 30.1 Å². The Hall–Kier alpha value is -2.81. The van der Waals surface area contributed by atoms with Crippen molar-refractivity contribution in [1.29, 1.82) is 0 Å². The molecule has 2 heterocycles. The number of aromatic nitrogens is 2. The highest BCUT2D eigenvalue weighted by molar-refractivity contribution is 6.05. The summed E-state index contributed by atoms with van der Waals surface area (Å²) in [5.74, 6) is -3.29. The molecule has 0 bridgehead atoms. The molecule has 1 aliphatic heterocycles. The minimum Gasteiger partial charge on any atom is -0.368 e. The van der Waals surface area contributed by atoms with Crippen molar-refractivity contribution < 1.29 is 23.1 Å². The lowest BCUT2D eigenvalue weighted by molar-refractivity contribution is -0.124. The van der Waals surface area contributed by atoms with Gasteiger partial charge in [-0.15, -0.1) is 0 Å². The fourth-order valence-electron chi connectivity index (χ4n) is 2.62. The van der Waals surface area contributed by atoms with Crippen LogP contribution in [0.5, 0.6) is 0 Å². The van der Waals surface area contributed by atoms with Gasteiger partial charge in [-0.2, -0.15) is 5.10 Å². The third-order valence-electron chi connectivity index (χ3n) is 4.00.